The lowest BCUT2D eigenvalue weighted by Gasteiger charge is -2.32. The van der Waals surface area contributed by atoms with Gasteiger partial charge in [0.05, 0.1) is 5.56 Å². The maximum Gasteiger partial charge on any atom is 0.337 e. The van der Waals surface area contributed by atoms with E-state index >= 15 is 0 Å². The molecule has 0 bridgehead atoms. The van der Waals surface area contributed by atoms with Gasteiger partial charge in [0.15, 0.2) is 5.03 Å². The predicted molar refractivity (Wildman–Crippen MR) is 74.2 cm³/mol. The fourth-order valence-corrected chi connectivity index (χ4v) is 2.30. The average molecular weight is 301 g/mol. The number of carboxylic acid groups (broad SMARTS) is 1. The summed E-state index contributed by atoms with van der Waals surface area (Å²) in [7, 11) is -0.0394. The highest BCUT2D eigenvalue weighted by Gasteiger charge is 2.24. The number of carbonyl (C=O) groups is 1. The molecule has 0 amide bonds. The Morgan fingerprint density at radius 2 is 2.00 bits per heavy atom. The summed E-state index contributed by atoms with van der Waals surface area (Å²) in [5.41, 5.74) is -0.411. The highest BCUT2D eigenvalue weighted by atomic mass is 32.2. The SMILES string of the molecule is CN(C)C(C)(C)CNS(=O)(=O)c1ccc(C(=O)O)cn1. The number of nitrogens with one attached hydrogen (secondary N) is 1. The lowest BCUT2D eigenvalue weighted by molar-refractivity contribution is 0.0696. The van der Waals surface area contributed by atoms with E-state index in [4.69, 9.17) is 5.11 Å². The minimum atomic E-state index is -3.75. The van der Waals surface area contributed by atoms with Crippen LogP contribution in [0, 0.1) is 0 Å². The molecule has 0 saturated carbocycles. The van der Waals surface area contributed by atoms with Gasteiger partial charge in [-0.25, -0.2) is 22.9 Å². The molecule has 0 spiro atoms. The summed E-state index contributed by atoms with van der Waals surface area (Å²) < 4.78 is 26.6. The number of hydrogen-bond acceptors (Lipinski definition) is 5. The van der Waals surface area contributed by atoms with Crippen LogP contribution < -0.4 is 4.72 Å². The van der Waals surface area contributed by atoms with Crippen LogP contribution in [0.15, 0.2) is 23.4 Å². The van der Waals surface area contributed by atoms with Crippen LogP contribution in [0.1, 0.15) is 24.2 Å². The number of sulfonamides is 1. The van der Waals surface area contributed by atoms with E-state index in [1.807, 2.05) is 32.8 Å². The quantitative estimate of drug-likeness (QED) is 0.789. The Kier molecular flexibility index (Phi) is 4.85. The molecule has 0 unspecified atom stereocenters. The van der Waals surface area contributed by atoms with Crippen molar-refractivity contribution in [1.29, 1.82) is 0 Å². The number of hydrogen-bond donors (Lipinski definition) is 2. The van der Waals surface area contributed by atoms with E-state index in [9.17, 15) is 13.2 Å². The van der Waals surface area contributed by atoms with Gasteiger partial charge in [-0.2, -0.15) is 0 Å². The van der Waals surface area contributed by atoms with Gasteiger partial charge in [-0.15, -0.1) is 0 Å². The third-order valence-corrected chi connectivity index (χ3v) is 4.48. The molecular formula is C12H19N3O4S. The lowest BCUT2D eigenvalue weighted by atomic mass is 10.1. The number of aromatic nitrogens is 1. The van der Waals surface area contributed by atoms with Crippen LogP contribution in [-0.2, 0) is 10.0 Å². The first-order valence-electron chi connectivity index (χ1n) is 5.93. The molecule has 0 aliphatic rings. The van der Waals surface area contributed by atoms with Gasteiger partial charge in [0.2, 0.25) is 0 Å². The molecule has 1 rings (SSSR count). The van der Waals surface area contributed by atoms with E-state index in [-0.39, 0.29) is 22.7 Å². The minimum absolute atomic E-state index is 0.0578. The molecule has 0 fully saturated rings. The Hall–Kier alpha value is -1.51. The molecule has 2 N–H and O–H groups in total. The Morgan fingerprint density at radius 1 is 1.40 bits per heavy atom. The second-order valence-corrected chi connectivity index (χ2v) is 6.94. The molecule has 7 nitrogen and oxygen atoms in total. The second kappa shape index (κ2) is 5.86. The molecule has 0 aliphatic heterocycles. The Balaban J connectivity index is 2.87. The molecule has 8 heteroatoms. The zero-order valence-electron chi connectivity index (χ0n) is 11.9. The van der Waals surface area contributed by atoms with Crippen molar-refractivity contribution in [3.8, 4) is 0 Å². The van der Waals surface area contributed by atoms with E-state index in [0.717, 1.165) is 6.20 Å². The maximum absolute atomic E-state index is 12.0. The maximum atomic E-state index is 12.0. The van der Waals surface area contributed by atoms with E-state index < -0.39 is 16.0 Å². The minimum Gasteiger partial charge on any atom is -0.478 e. The van der Waals surface area contributed by atoms with Crippen molar-refractivity contribution in [2.24, 2.45) is 0 Å². The standard InChI is InChI=1S/C12H19N3O4S/c1-12(2,15(3)4)8-14-20(18,19)10-6-5-9(7-13-10)11(16)17/h5-7,14H,8H2,1-4H3,(H,16,17). The van der Waals surface area contributed by atoms with E-state index in [1.165, 1.54) is 12.1 Å². The normalized spacial score (nSPS) is 12.7. The van der Waals surface area contributed by atoms with Crippen molar-refractivity contribution in [3.63, 3.8) is 0 Å². The zero-order chi connectivity index (χ0) is 15.6. The van der Waals surface area contributed by atoms with Crippen molar-refractivity contribution in [2.75, 3.05) is 20.6 Å². The molecular weight excluding hydrogens is 282 g/mol. The summed E-state index contributed by atoms with van der Waals surface area (Å²) in [6.45, 7) is 4.01. The lowest BCUT2D eigenvalue weighted by Crippen LogP contribution is -2.48. The van der Waals surface area contributed by atoms with Gasteiger partial charge in [0.25, 0.3) is 10.0 Å². The van der Waals surface area contributed by atoms with Crippen molar-refractivity contribution >= 4 is 16.0 Å². The molecule has 1 aromatic rings. The largest absolute Gasteiger partial charge is 0.478 e. The van der Waals surface area contributed by atoms with Crippen LogP contribution in [0.4, 0.5) is 0 Å². The van der Waals surface area contributed by atoms with Crippen molar-refractivity contribution in [3.05, 3.63) is 23.9 Å². The van der Waals surface area contributed by atoms with Crippen LogP contribution in [0.2, 0.25) is 0 Å². The van der Waals surface area contributed by atoms with E-state index in [0.29, 0.717) is 0 Å². The number of likely N-dealkylation sites (N-methyl/N-ethyl adjacent to an activating group) is 1. The summed E-state index contributed by atoms with van der Waals surface area (Å²) >= 11 is 0. The average Bonchev–Trinajstić information content (AvgIpc) is 2.36. The van der Waals surface area contributed by atoms with E-state index in [2.05, 4.69) is 9.71 Å². The summed E-state index contributed by atoms with van der Waals surface area (Å²) in [6.07, 6.45) is 1.02. The number of nitrogens with zero attached hydrogens (tertiary/aromatic N) is 2. The highest BCUT2D eigenvalue weighted by Crippen LogP contribution is 2.11. The van der Waals surface area contributed by atoms with Gasteiger partial charge in [0, 0.05) is 18.3 Å². The topological polar surface area (TPSA) is 99.6 Å². The van der Waals surface area contributed by atoms with Crippen molar-refractivity contribution < 1.29 is 18.3 Å². The molecule has 112 valence electrons. The first-order chi connectivity index (χ1) is 9.06. The fraction of sp³-hybridized carbons (Fsp3) is 0.500. The zero-order valence-corrected chi connectivity index (χ0v) is 12.7. The van der Waals surface area contributed by atoms with Gasteiger partial charge in [-0.05, 0) is 40.1 Å². The van der Waals surface area contributed by atoms with Crippen LogP contribution >= 0.6 is 0 Å². The Labute approximate surface area is 118 Å². The molecule has 1 aromatic heterocycles. The van der Waals surface area contributed by atoms with Crippen molar-refractivity contribution in [2.45, 2.75) is 24.4 Å². The highest BCUT2D eigenvalue weighted by molar-refractivity contribution is 7.89. The fourth-order valence-electron chi connectivity index (χ4n) is 1.17. The third-order valence-electron chi connectivity index (χ3n) is 3.16. The van der Waals surface area contributed by atoms with Crippen LogP contribution in [-0.4, -0.2) is 55.6 Å². The Bertz CT molecular complexity index is 579. The molecule has 0 saturated heterocycles. The summed E-state index contributed by atoms with van der Waals surface area (Å²) in [5.74, 6) is -1.15. The molecule has 0 aliphatic carbocycles. The molecule has 1 heterocycles. The number of pyridine rings is 1. The molecule has 0 radical (unpaired) electrons. The summed E-state index contributed by atoms with van der Waals surface area (Å²) in [4.78, 5) is 16.3. The summed E-state index contributed by atoms with van der Waals surface area (Å²) in [5, 5.41) is 8.54. The van der Waals surface area contributed by atoms with Gasteiger partial charge in [0.1, 0.15) is 0 Å². The molecule has 0 aromatic carbocycles. The second-order valence-electron chi connectivity index (χ2n) is 5.22. The van der Waals surface area contributed by atoms with Gasteiger partial charge >= 0.3 is 5.97 Å². The van der Waals surface area contributed by atoms with Crippen molar-refractivity contribution in [1.82, 2.24) is 14.6 Å². The molecule has 0 atom stereocenters. The monoisotopic (exact) mass is 301 g/mol. The van der Waals surface area contributed by atoms with Crippen LogP contribution in [0.5, 0.6) is 0 Å². The van der Waals surface area contributed by atoms with Crippen LogP contribution in [0.25, 0.3) is 0 Å². The number of aromatic carboxylic acids is 1. The predicted octanol–water partition coefficient (Wildman–Crippen LogP) is 0.398. The molecule has 20 heavy (non-hydrogen) atoms. The third kappa shape index (κ3) is 3.99. The first kappa shape index (κ1) is 16.5. The number of rotatable bonds is 6. The summed E-state index contributed by atoms with van der Waals surface area (Å²) in [6, 6.07) is 2.38. The van der Waals surface area contributed by atoms with Gasteiger partial charge in [-0.3, -0.25) is 0 Å². The van der Waals surface area contributed by atoms with Crippen LogP contribution in [0.3, 0.4) is 0 Å². The van der Waals surface area contributed by atoms with Gasteiger partial charge < -0.3 is 10.0 Å². The van der Waals surface area contributed by atoms with Gasteiger partial charge in [-0.1, -0.05) is 0 Å². The van der Waals surface area contributed by atoms with E-state index in [1.54, 1.807) is 0 Å². The Morgan fingerprint density at radius 3 is 2.40 bits per heavy atom. The first-order valence-corrected chi connectivity index (χ1v) is 7.41. The smallest absolute Gasteiger partial charge is 0.337 e. The number of carboxylic acids is 1.